The highest BCUT2D eigenvalue weighted by Gasteiger charge is 2.47. The Balaban J connectivity index is 2.59. The van der Waals surface area contributed by atoms with Crippen LogP contribution in [0.1, 0.15) is 348 Å². The molecule has 0 aromatic carbocycles. The average Bonchev–Trinajstić information content (AvgIpc) is 3.58. The lowest BCUT2D eigenvalue weighted by Crippen LogP contribution is -2.61. The van der Waals surface area contributed by atoms with Gasteiger partial charge in [-0.3, -0.25) is 9.59 Å². The monoisotopic (exact) mass is 1170 g/mol. The molecule has 1 aliphatic rings. The molecule has 1 saturated heterocycles. The van der Waals surface area contributed by atoms with Crippen molar-refractivity contribution in [1.82, 2.24) is 5.32 Å². The zero-order valence-electron chi connectivity index (χ0n) is 54.3. The highest BCUT2D eigenvalue weighted by molar-refractivity contribution is 5.80. The maximum atomic E-state index is 13.5. The van der Waals surface area contributed by atoms with Crippen LogP contribution < -0.4 is 5.32 Å². The van der Waals surface area contributed by atoms with Gasteiger partial charge in [0.05, 0.1) is 25.4 Å². The summed E-state index contributed by atoms with van der Waals surface area (Å²) < 4.78 is 17.7. The summed E-state index contributed by atoms with van der Waals surface area (Å²) in [6, 6.07) is -1.02. The van der Waals surface area contributed by atoms with Gasteiger partial charge in [0.2, 0.25) is 5.91 Å². The molecule has 8 unspecified atom stereocenters. The number of hydrogen-bond acceptors (Lipinski definition) is 10. The van der Waals surface area contributed by atoms with Gasteiger partial charge in [-0.2, -0.15) is 0 Å². The Morgan fingerprint density at radius 2 is 0.831 bits per heavy atom. The van der Waals surface area contributed by atoms with Gasteiger partial charge < -0.3 is 45.1 Å². The molecule has 11 nitrogen and oxygen atoms in total. The van der Waals surface area contributed by atoms with Gasteiger partial charge in [-0.05, 0) is 57.8 Å². The molecule has 0 radical (unpaired) electrons. The van der Waals surface area contributed by atoms with Crippen LogP contribution in [-0.4, -0.2) is 99.6 Å². The molecule has 0 aromatic rings. The number of esters is 1. The summed E-state index contributed by atoms with van der Waals surface area (Å²) in [5.41, 5.74) is 0. The van der Waals surface area contributed by atoms with E-state index in [2.05, 4.69) is 50.4 Å². The largest absolute Gasteiger partial charge is 0.454 e. The molecule has 0 bridgehead atoms. The molecule has 1 fully saturated rings. The van der Waals surface area contributed by atoms with Crippen LogP contribution in [0.4, 0.5) is 0 Å². The van der Waals surface area contributed by atoms with Crippen molar-refractivity contribution in [3.8, 4) is 0 Å². The summed E-state index contributed by atoms with van der Waals surface area (Å²) in [6.45, 7) is 5.82. The van der Waals surface area contributed by atoms with Crippen LogP contribution >= 0.6 is 0 Å². The van der Waals surface area contributed by atoms with Crippen molar-refractivity contribution in [2.75, 3.05) is 13.2 Å². The number of allylic oxidation sites excluding steroid dienone is 5. The fraction of sp³-hybridized carbons (Fsp3) is 0.889. The van der Waals surface area contributed by atoms with Crippen molar-refractivity contribution < 1.29 is 49.3 Å². The van der Waals surface area contributed by atoms with Crippen LogP contribution in [-0.2, 0) is 23.8 Å². The Morgan fingerprint density at radius 1 is 0.470 bits per heavy atom. The Morgan fingerprint density at radius 3 is 1.25 bits per heavy atom. The number of aliphatic hydroxyl groups excluding tert-OH is 5. The standard InChI is InChI=1S/C72H135NO10/c1-4-7-10-13-16-19-22-25-27-29-31-33-35-37-39-42-45-48-51-54-57-60-67(77)83-70-69(79)68(78)66(61-74)82-72(70)81-62-63(64(75)58-55-52-49-46-43-40-24-21-18-15-12-9-6-3)73-71(80)65(76)59-56-53-50-47-44-41-38-36-34-32-30-28-26-23-20-17-14-11-8-5-2/h16,19,25,27,55,58,63-66,68-70,72,74-76,78-79H,4-15,17-18,20-24,26,28-54,56-57,59-62H2,1-3H3,(H,73,80)/b19-16-,27-25-,58-55+. The summed E-state index contributed by atoms with van der Waals surface area (Å²) in [4.78, 5) is 26.7. The second kappa shape index (κ2) is 60.2. The van der Waals surface area contributed by atoms with Crippen molar-refractivity contribution in [2.45, 2.75) is 397 Å². The Labute approximate surface area is 511 Å². The van der Waals surface area contributed by atoms with Gasteiger partial charge in [-0.15, -0.1) is 0 Å². The van der Waals surface area contributed by atoms with Crippen molar-refractivity contribution in [3.05, 3.63) is 36.5 Å². The maximum Gasteiger partial charge on any atom is 0.306 e. The maximum absolute atomic E-state index is 13.5. The number of rotatable bonds is 62. The van der Waals surface area contributed by atoms with Gasteiger partial charge in [0, 0.05) is 6.42 Å². The molecule has 83 heavy (non-hydrogen) atoms. The van der Waals surface area contributed by atoms with E-state index in [1.54, 1.807) is 6.08 Å². The molecule has 0 aliphatic carbocycles. The minimum atomic E-state index is -1.61. The van der Waals surface area contributed by atoms with Crippen LogP contribution in [0.2, 0.25) is 0 Å². The van der Waals surface area contributed by atoms with Gasteiger partial charge >= 0.3 is 5.97 Å². The summed E-state index contributed by atoms with van der Waals surface area (Å²) in [7, 11) is 0. The van der Waals surface area contributed by atoms with E-state index in [0.717, 1.165) is 64.2 Å². The first-order valence-electron chi connectivity index (χ1n) is 35.8. The molecule has 488 valence electrons. The van der Waals surface area contributed by atoms with E-state index >= 15 is 0 Å². The lowest BCUT2D eigenvalue weighted by atomic mass is 9.99. The summed E-state index contributed by atoms with van der Waals surface area (Å²) in [5, 5.41) is 57.3. The average molecular weight is 1170 g/mol. The molecule has 6 N–H and O–H groups in total. The van der Waals surface area contributed by atoms with E-state index in [1.807, 2.05) is 6.08 Å². The highest BCUT2D eigenvalue weighted by atomic mass is 16.7. The molecular weight excluding hydrogens is 1040 g/mol. The number of hydrogen-bond donors (Lipinski definition) is 6. The van der Waals surface area contributed by atoms with Crippen molar-refractivity contribution in [1.29, 1.82) is 0 Å². The molecule has 1 amide bonds. The van der Waals surface area contributed by atoms with Gasteiger partial charge in [0.1, 0.15) is 24.4 Å². The summed E-state index contributed by atoms with van der Waals surface area (Å²) in [5.74, 6) is -1.18. The third-order valence-corrected chi connectivity index (χ3v) is 17.0. The molecular formula is C72H135NO10. The smallest absolute Gasteiger partial charge is 0.306 e. The SMILES string of the molecule is CCCCC/C=C\C/C=C\CCCCCCCCCCCCCC(=O)OC1C(OCC(NC(=O)C(O)CCCCCCCCCCCCCCCCCCCCCC)C(O)/C=C/CCCCCCCCCCCCC)OC(CO)C(O)C1O. The van der Waals surface area contributed by atoms with E-state index < -0.39 is 67.4 Å². The molecule has 0 saturated carbocycles. The van der Waals surface area contributed by atoms with Gasteiger partial charge in [0.25, 0.3) is 0 Å². The van der Waals surface area contributed by atoms with Crippen LogP contribution in [0.3, 0.4) is 0 Å². The van der Waals surface area contributed by atoms with E-state index in [-0.39, 0.29) is 13.0 Å². The molecule has 1 heterocycles. The van der Waals surface area contributed by atoms with Crippen molar-refractivity contribution in [3.63, 3.8) is 0 Å². The molecule has 1 aliphatic heterocycles. The zero-order chi connectivity index (χ0) is 60.3. The van der Waals surface area contributed by atoms with Gasteiger partial charge in [-0.1, -0.05) is 320 Å². The molecule has 0 aromatic heterocycles. The minimum absolute atomic E-state index is 0.124. The Hall–Kier alpha value is -2.12. The normalized spacial score (nSPS) is 18.7. The molecule has 8 atom stereocenters. The van der Waals surface area contributed by atoms with E-state index in [1.165, 1.54) is 238 Å². The first-order chi connectivity index (χ1) is 40.7. The second-order valence-corrected chi connectivity index (χ2v) is 25.0. The number of carbonyl (C=O) groups excluding carboxylic acids is 2. The molecule has 0 spiro atoms. The predicted octanol–water partition coefficient (Wildman–Crippen LogP) is 18.2. The Kier molecular flexibility index (Phi) is 57.2. The number of ether oxygens (including phenoxy) is 3. The fourth-order valence-electron chi connectivity index (χ4n) is 11.4. The first kappa shape index (κ1) is 78.9. The summed E-state index contributed by atoms with van der Waals surface area (Å²) in [6.07, 6.45) is 63.2. The van der Waals surface area contributed by atoms with Crippen LogP contribution in [0, 0.1) is 0 Å². The van der Waals surface area contributed by atoms with E-state index in [0.29, 0.717) is 19.3 Å². The predicted molar refractivity (Wildman–Crippen MR) is 347 cm³/mol. The lowest BCUT2D eigenvalue weighted by molar-refractivity contribution is -0.305. The number of carbonyl (C=O) groups is 2. The van der Waals surface area contributed by atoms with Gasteiger partial charge in [-0.25, -0.2) is 0 Å². The quantitative estimate of drug-likeness (QED) is 0.0195. The van der Waals surface area contributed by atoms with Crippen molar-refractivity contribution in [2.24, 2.45) is 0 Å². The van der Waals surface area contributed by atoms with Crippen LogP contribution in [0.15, 0.2) is 36.5 Å². The topological polar surface area (TPSA) is 175 Å². The number of unbranched alkanes of at least 4 members (excludes halogenated alkanes) is 44. The van der Waals surface area contributed by atoms with Crippen LogP contribution in [0.5, 0.6) is 0 Å². The van der Waals surface area contributed by atoms with E-state index in [4.69, 9.17) is 14.2 Å². The first-order valence-corrected chi connectivity index (χ1v) is 35.8. The lowest BCUT2D eigenvalue weighted by Gasteiger charge is -2.41. The summed E-state index contributed by atoms with van der Waals surface area (Å²) >= 11 is 0. The third-order valence-electron chi connectivity index (χ3n) is 17.0. The highest BCUT2D eigenvalue weighted by Crippen LogP contribution is 2.26. The third kappa shape index (κ3) is 47.6. The van der Waals surface area contributed by atoms with Crippen molar-refractivity contribution >= 4 is 11.9 Å². The molecule has 11 heteroatoms. The minimum Gasteiger partial charge on any atom is -0.454 e. The number of nitrogens with one attached hydrogen (secondary N) is 1. The number of aliphatic hydroxyl groups is 5. The fourth-order valence-corrected chi connectivity index (χ4v) is 11.4. The molecule has 1 rings (SSSR count). The Bertz CT molecular complexity index is 1490. The zero-order valence-corrected chi connectivity index (χ0v) is 54.3. The van der Waals surface area contributed by atoms with Crippen LogP contribution in [0.25, 0.3) is 0 Å². The van der Waals surface area contributed by atoms with E-state index in [9.17, 15) is 35.1 Å². The second-order valence-electron chi connectivity index (χ2n) is 25.0. The number of amides is 1. The van der Waals surface area contributed by atoms with Gasteiger partial charge in [0.15, 0.2) is 12.4 Å².